The fourth-order valence-corrected chi connectivity index (χ4v) is 3.13. The molecule has 0 radical (unpaired) electrons. The highest BCUT2D eigenvalue weighted by Crippen LogP contribution is 2.36. The van der Waals surface area contributed by atoms with Crippen LogP contribution in [0.3, 0.4) is 0 Å². The third-order valence-corrected chi connectivity index (χ3v) is 4.10. The number of amides is 1. The zero-order valence-electron chi connectivity index (χ0n) is 9.65. The highest BCUT2D eigenvalue weighted by Gasteiger charge is 2.35. The van der Waals surface area contributed by atoms with Gasteiger partial charge in [-0.1, -0.05) is 30.3 Å². The van der Waals surface area contributed by atoms with Crippen molar-refractivity contribution in [1.82, 2.24) is 4.90 Å². The van der Waals surface area contributed by atoms with Gasteiger partial charge in [0.15, 0.2) is 0 Å². The van der Waals surface area contributed by atoms with Crippen LogP contribution < -0.4 is 5.73 Å². The highest BCUT2D eigenvalue weighted by atomic mass is 32.2. The van der Waals surface area contributed by atoms with Crippen molar-refractivity contribution >= 4 is 23.6 Å². The molecule has 18 heavy (non-hydrogen) atoms. The van der Waals surface area contributed by atoms with E-state index in [1.807, 2.05) is 30.3 Å². The van der Waals surface area contributed by atoms with E-state index in [0.717, 1.165) is 5.56 Å². The molecule has 1 aliphatic heterocycles. The van der Waals surface area contributed by atoms with Crippen molar-refractivity contribution in [2.24, 2.45) is 5.73 Å². The molecule has 1 saturated heterocycles. The fourth-order valence-electron chi connectivity index (χ4n) is 1.89. The Balaban J connectivity index is 2.27. The van der Waals surface area contributed by atoms with E-state index in [9.17, 15) is 9.59 Å². The van der Waals surface area contributed by atoms with Gasteiger partial charge in [0.25, 0.3) is 0 Å². The maximum Gasteiger partial charge on any atom is 0.323 e. The molecular formula is C12H14N2O3S. The summed E-state index contributed by atoms with van der Waals surface area (Å²) >= 11 is 1.49. The summed E-state index contributed by atoms with van der Waals surface area (Å²) in [5.41, 5.74) is 6.60. The molecule has 0 aromatic heterocycles. The van der Waals surface area contributed by atoms with Crippen LogP contribution in [0, 0.1) is 0 Å². The first kappa shape index (κ1) is 12.9. The minimum Gasteiger partial charge on any atom is -0.480 e. The Morgan fingerprint density at radius 2 is 2.11 bits per heavy atom. The van der Waals surface area contributed by atoms with Crippen LogP contribution in [0.15, 0.2) is 30.3 Å². The van der Waals surface area contributed by atoms with Crippen molar-refractivity contribution in [2.75, 3.05) is 12.3 Å². The fraction of sp³-hybridized carbons (Fsp3) is 0.333. The number of carboxylic acid groups (broad SMARTS) is 1. The Morgan fingerprint density at radius 3 is 2.72 bits per heavy atom. The van der Waals surface area contributed by atoms with Gasteiger partial charge in [-0.05, 0) is 5.56 Å². The number of carbonyl (C=O) groups is 2. The predicted octanol–water partition coefficient (Wildman–Crippen LogP) is 0.672. The van der Waals surface area contributed by atoms with E-state index in [4.69, 9.17) is 10.8 Å². The average molecular weight is 266 g/mol. The van der Waals surface area contributed by atoms with Gasteiger partial charge < -0.3 is 15.7 Å². The molecule has 1 aromatic carbocycles. The molecule has 6 heteroatoms. The molecule has 0 saturated carbocycles. The van der Waals surface area contributed by atoms with Crippen LogP contribution >= 0.6 is 11.8 Å². The number of carboxylic acids is 1. The summed E-state index contributed by atoms with van der Waals surface area (Å²) in [6, 6.07) is 8.77. The van der Waals surface area contributed by atoms with Gasteiger partial charge in [-0.25, -0.2) is 0 Å². The largest absolute Gasteiger partial charge is 0.480 e. The molecule has 2 rings (SSSR count). The van der Waals surface area contributed by atoms with Crippen molar-refractivity contribution in [1.29, 1.82) is 0 Å². The summed E-state index contributed by atoms with van der Waals surface area (Å²) in [4.78, 5) is 24.2. The maximum atomic E-state index is 12.0. The first-order valence-corrected chi connectivity index (χ1v) is 6.59. The van der Waals surface area contributed by atoms with Crippen LogP contribution in [0.1, 0.15) is 10.9 Å². The lowest BCUT2D eigenvalue weighted by molar-refractivity contribution is -0.145. The number of nitrogens with zero attached hydrogens (tertiary/aromatic N) is 1. The Bertz CT molecular complexity index is 452. The second kappa shape index (κ2) is 5.41. The molecule has 0 bridgehead atoms. The van der Waals surface area contributed by atoms with Gasteiger partial charge in [-0.3, -0.25) is 9.59 Å². The van der Waals surface area contributed by atoms with Gasteiger partial charge >= 0.3 is 5.97 Å². The van der Waals surface area contributed by atoms with Crippen molar-refractivity contribution in [3.05, 3.63) is 35.9 Å². The van der Waals surface area contributed by atoms with Crippen LogP contribution in [0.2, 0.25) is 0 Å². The molecular weight excluding hydrogens is 252 g/mol. The van der Waals surface area contributed by atoms with Crippen molar-refractivity contribution in [3.8, 4) is 0 Å². The third-order valence-electron chi connectivity index (χ3n) is 2.71. The minimum absolute atomic E-state index is 0.269. The number of nitrogens with two attached hydrogens (primary N) is 1. The molecule has 1 fully saturated rings. The van der Waals surface area contributed by atoms with E-state index >= 15 is 0 Å². The molecule has 1 heterocycles. The molecule has 2 atom stereocenters. The van der Waals surface area contributed by atoms with Gasteiger partial charge in [0.1, 0.15) is 11.9 Å². The van der Waals surface area contributed by atoms with Crippen molar-refractivity contribution < 1.29 is 14.7 Å². The molecule has 0 aliphatic carbocycles. The molecule has 5 nitrogen and oxygen atoms in total. The number of thioether (sulfide) groups is 1. The lowest BCUT2D eigenvalue weighted by atomic mass is 10.2. The quantitative estimate of drug-likeness (QED) is 0.840. The van der Waals surface area contributed by atoms with Crippen LogP contribution in [0.25, 0.3) is 0 Å². The Hall–Kier alpha value is -1.53. The summed E-state index contributed by atoms with van der Waals surface area (Å²) < 4.78 is 0. The van der Waals surface area contributed by atoms with E-state index in [1.54, 1.807) is 0 Å². The topological polar surface area (TPSA) is 83.6 Å². The molecule has 1 aromatic rings. The molecule has 0 spiro atoms. The van der Waals surface area contributed by atoms with Gasteiger partial charge in [0.05, 0.1) is 6.04 Å². The lowest BCUT2D eigenvalue weighted by Gasteiger charge is -2.36. The van der Waals surface area contributed by atoms with Crippen LogP contribution in [0.5, 0.6) is 0 Å². The number of rotatable bonds is 3. The number of hydrogen-bond acceptors (Lipinski definition) is 4. The standard InChI is InChI=1S/C12H14N2O3S/c13-9-7-18-12(8-4-2-1-3-5-8)14(11(9)17)6-10(15)16/h1-5,9,12H,6-7,13H2,(H,15,16)/t9?,12-/m0/s1. The molecule has 1 unspecified atom stereocenters. The van der Waals surface area contributed by atoms with E-state index in [1.165, 1.54) is 16.7 Å². The normalized spacial score (nSPS) is 24.1. The van der Waals surface area contributed by atoms with E-state index in [-0.39, 0.29) is 17.8 Å². The van der Waals surface area contributed by atoms with Crippen molar-refractivity contribution in [2.45, 2.75) is 11.4 Å². The summed E-state index contributed by atoms with van der Waals surface area (Å²) in [5.74, 6) is -0.821. The van der Waals surface area contributed by atoms with Crippen LogP contribution in [-0.4, -0.2) is 40.2 Å². The summed E-state index contributed by atoms with van der Waals surface area (Å²) in [6.45, 7) is -0.320. The zero-order valence-corrected chi connectivity index (χ0v) is 10.5. The highest BCUT2D eigenvalue weighted by molar-refractivity contribution is 7.99. The third kappa shape index (κ3) is 2.65. The smallest absolute Gasteiger partial charge is 0.323 e. The minimum atomic E-state index is -1.03. The second-order valence-electron chi connectivity index (χ2n) is 4.06. The van der Waals surface area contributed by atoms with E-state index < -0.39 is 12.0 Å². The van der Waals surface area contributed by atoms with Gasteiger partial charge in [-0.2, -0.15) is 0 Å². The number of aliphatic carboxylic acids is 1. The summed E-state index contributed by atoms with van der Waals surface area (Å²) in [6.07, 6.45) is 0. The van der Waals surface area contributed by atoms with Crippen molar-refractivity contribution in [3.63, 3.8) is 0 Å². The molecule has 96 valence electrons. The van der Waals surface area contributed by atoms with Gasteiger partial charge in [-0.15, -0.1) is 11.8 Å². The lowest BCUT2D eigenvalue weighted by Crippen LogP contribution is -2.51. The number of hydrogen-bond donors (Lipinski definition) is 2. The van der Waals surface area contributed by atoms with E-state index in [0.29, 0.717) is 5.75 Å². The summed E-state index contributed by atoms with van der Waals surface area (Å²) in [7, 11) is 0. The predicted molar refractivity (Wildman–Crippen MR) is 69.0 cm³/mol. The Labute approximate surface area is 109 Å². The SMILES string of the molecule is NC1CS[C@@H](c2ccccc2)N(CC(=O)O)C1=O. The van der Waals surface area contributed by atoms with Gasteiger partial charge in [0.2, 0.25) is 5.91 Å². The zero-order chi connectivity index (χ0) is 13.1. The first-order chi connectivity index (χ1) is 8.59. The first-order valence-electron chi connectivity index (χ1n) is 5.54. The monoisotopic (exact) mass is 266 g/mol. The Morgan fingerprint density at radius 1 is 1.44 bits per heavy atom. The maximum absolute atomic E-state index is 12.0. The number of benzene rings is 1. The van der Waals surface area contributed by atoms with Gasteiger partial charge in [0, 0.05) is 5.75 Å². The van der Waals surface area contributed by atoms with Crippen LogP contribution in [-0.2, 0) is 9.59 Å². The summed E-state index contributed by atoms with van der Waals surface area (Å²) in [5, 5.41) is 8.62. The van der Waals surface area contributed by atoms with E-state index in [2.05, 4.69) is 0 Å². The molecule has 1 amide bonds. The molecule has 1 aliphatic rings. The van der Waals surface area contributed by atoms with Crippen LogP contribution in [0.4, 0.5) is 0 Å². The average Bonchev–Trinajstić information content (AvgIpc) is 2.36. The number of carbonyl (C=O) groups excluding carboxylic acids is 1. The Kier molecular flexibility index (Phi) is 3.88. The second-order valence-corrected chi connectivity index (χ2v) is 5.18. The molecule has 3 N–H and O–H groups in total.